The Balaban J connectivity index is 3.37. The third kappa shape index (κ3) is 12.3. The standard InChI is InChI=1S/C18H34O6/c1-5-7-15(3)17(19)23-13-11-21-9-10-22-12-14-24-18(20)16(4)8-6-2/h15-16H,5-14H2,1-4H3. The Kier molecular flexibility index (Phi) is 14.7. The number of ether oxygens (including phenoxy) is 4. The molecule has 2 atom stereocenters. The molecule has 0 saturated carbocycles. The molecule has 0 radical (unpaired) electrons. The van der Waals surface area contributed by atoms with Crippen molar-refractivity contribution in [1.82, 2.24) is 0 Å². The lowest BCUT2D eigenvalue weighted by atomic mass is 10.1. The summed E-state index contributed by atoms with van der Waals surface area (Å²) in [5.74, 6) is -0.450. The highest BCUT2D eigenvalue weighted by molar-refractivity contribution is 5.72. The maximum absolute atomic E-state index is 11.5. The number of carbonyl (C=O) groups is 2. The Labute approximate surface area is 146 Å². The Hall–Kier alpha value is -1.14. The molecule has 142 valence electrons. The molecule has 2 unspecified atom stereocenters. The van der Waals surface area contributed by atoms with Gasteiger partial charge in [-0.3, -0.25) is 9.59 Å². The summed E-state index contributed by atoms with van der Waals surface area (Å²) in [4.78, 5) is 23.1. The predicted octanol–water partition coefficient (Wildman–Crippen LogP) is 2.98. The van der Waals surface area contributed by atoms with Crippen molar-refractivity contribution in [2.24, 2.45) is 11.8 Å². The summed E-state index contributed by atoms with van der Waals surface area (Å²) in [7, 11) is 0. The molecule has 0 aliphatic rings. The Morgan fingerprint density at radius 2 is 1.00 bits per heavy atom. The minimum atomic E-state index is -0.171. The first kappa shape index (κ1) is 22.9. The van der Waals surface area contributed by atoms with Gasteiger partial charge in [0.05, 0.1) is 38.3 Å². The quantitative estimate of drug-likeness (QED) is 0.335. The van der Waals surface area contributed by atoms with Crippen LogP contribution in [0.4, 0.5) is 0 Å². The van der Waals surface area contributed by atoms with Gasteiger partial charge in [-0.05, 0) is 12.8 Å². The van der Waals surface area contributed by atoms with E-state index < -0.39 is 0 Å². The largest absolute Gasteiger partial charge is 0.463 e. The average Bonchev–Trinajstić information content (AvgIpc) is 2.56. The van der Waals surface area contributed by atoms with E-state index in [1.165, 1.54) is 0 Å². The molecule has 0 aliphatic heterocycles. The van der Waals surface area contributed by atoms with Crippen LogP contribution in [0.5, 0.6) is 0 Å². The highest BCUT2D eigenvalue weighted by Gasteiger charge is 2.13. The van der Waals surface area contributed by atoms with Crippen LogP contribution in [0, 0.1) is 11.8 Å². The zero-order chi connectivity index (χ0) is 18.2. The summed E-state index contributed by atoms with van der Waals surface area (Å²) in [6.45, 7) is 9.91. The molecule has 0 N–H and O–H groups in total. The molecule has 0 spiro atoms. The van der Waals surface area contributed by atoms with E-state index in [1.54, 1.807) is 0 Å². The van der Waals surface area contributed by atoms with Crippen molar-refractivity contribution < 1.29 is 28.5 Å². The number of rotatable bonds is 15. The third-order valence-electron chi connectivity index (χ3n) is 3.56. The average molecular weight is 346 g/mol. The van der Waals surface area contributed by atoms with E-state index in [0.29, 0.717) is 26.4 Å². The van der Waals surface area contributed by atoms with E-state index in [9.17, 15) is 9.59 Å². The van der Waals surface area contributed by atoms with Crippen molar-refractivity contribution in [1.29, 1.82) is 0 Å². The van der Waals surface area contributed by atoms with Gasteiger partial charge in [0.2, 0.25) is 0 Å². The van der Waals surface area contributed by atoms with Gasteiger partial charge in [0.15, 0.2) is 0 Å². The normalized spacial score (nSPS) is 13.3. The van der Waals surface area contributed by atoms with Crippen molar-refractivity contribution in [2.75, 3.05) is 39.6 Å². The minimum Gasteiger partial charge on any atom is -0.463 e. The molecule has 0 bridgehead atoms. The second kappa shape index (κ2) is 15.4. The molecule has 0 amide bonds. The first-order chi connectivity index (χ1) is 11.5. The summed E-state index contributed by atoms with van der Waals surface area (Å²) in [6, 6.07) is 0. The molecular formula is C18H34O6. The van der Waals surface area contributed by atoms with Crippen molar-refractivity contribution in [3.63, 3.8) is 0 Å². The molecule has 0 aromatic heterocycles. The fraction of sp³-hybridized carbons (Fsp3) is 0.889. The Morgan fingerprint density at radius 3 is 1.33 bits per heavy atom. The molecule has 0 saturated heterocycles. The van der Waals surface area contributed by atoms with Crippen LogP contribution in [0.3, 0.4) is 0 Å². The molecule has 6 nitrogen and oxygen atoms in total. The van der Waals surface area contributed by atoms with Gasteiger partial charge in [-0.2, -0.15) is 0 Å². The van der Waals surface area contributed by atoms with Gasteiger partial charge in [0, 0.05) is 0 Å². The lowest BCUT2D eigenvalue weighted by molar-refractivity contribution is -0.151. The minimum absolute atomic E-state index is 0.0545. The molecule has 24 heavy (non-hydrogen) atoms. The molecule has 6 heteroatoms. The summed E-state index contributed by atoms with van der Waals surface area (Å²) < 4.78 is 20.8. The maximum atomic E-state index is 11.5. The molecule has 0 aliphatic carbocycles. The second-order valence-electron chi connectivity index (χ2n) is 5.94. The lowest BCUT2D eigenvalue weighted by Crippen LogP contribution is -2.19. The summed E-state index contributed by atoms with van der Waals surface area (Å²) in [5, 5.41) is 0. The molecule has 0 aromatic carbocycles. The van der Waals surface area contributed by atoms with Crippen LogP contribution in [0.15, 0.2) is 0 Å². The molecule has 0 heterocycles. The highest BCUT2D eigenvalue weighted by Crippen LogP contribution is 2.07. The predicted molar refractivity (Wildman–Crippen MR) is 91.7 cm³/mol. The van der Waals surface area contributed by atoms with Gasteiger partial charge in [-0.1, -0.05) is 40.5 Å². The lowest BCUT2D eigenvalue weighted by Gasteiger charge is -2.11. The second-order valence-corrected chi connectivity index (χ2v) is 5.94. The first-order valence-electron chi connectivity index (χ1n) is 9.01. The van der Waals surface area contributed by atoms with Gasteiger partial charge < -0.3 is 18.9 Å². The Morgan fingerprint density at radius 1 is 0.667 bits per heavy atom. The summed E-state index contributed by atoms with van der Waals surface area (Å²) in [6.07, 6.45) is 3.62. The molecule has 0 aromatic rings. The van der Waals surface area contributed by atoms with E-state index in [0.717, 1.165) is 25.7 Å². The zero-order valence-electron chi connectivity index (χ0n) is 15.7. The van der Waals surface area contributed by atoms with E-state index in [2.05, 4.69) is 0 Å². The van der Waals surface area contributed by atoms with Gasteiger partial charge >= 0.3 is 11.9 Å². The topological polar surface area (TPSA) is 71.1 Å². The Bertz CT molecular complexity index is 299. The number of hydrogen-bond acceptors (Lipinski definition) is 6. The summed E-state index contributed by atoms with van der Waals surface area (Å²) in [5.41, 5.74) is 0. The fourth-order valence-electron chi connectivity index (χ4n) is 2.11. The van der Waals surface area contributed by atoms with Crippen LogP contribution < -0.4 is 0 Å². The van der Waals surface area contributed by atoms with Gasteiger partial charge in [-0.25, -0.2) is 0 Å². The van der Waals surface area contributed by atoms with Crippen LogP contribution in [-0.4, -0.2) is 51.6 Å². The van der Waals surface area contributed by atoms with E-state index in [4.69, 9.17) is 18.9 Å². The van der Waals surface area contributed by atoms with E-state index >= 15 is 0 Å². The smallest absolute Gasteiger partial charge is 0.308 e. The van der Waals surface area contributed by atoms with Crippen LogP contribution in [0.2, 0.25) is 0 Å². The van der Waals surface area contributed by atoms with Crippen molar-refractivity contribution >= 4 is 11.9 Å². The highest BCUT2D eigenvalue weighted by atomic mass is 16.6. The molecule has 0 fully saturated rings. The van der Waals surface area contributed by atoms with Gasteiger partial charge in [-0.15, -0.1) is 0 Å². The number of hydrogen-bond donors (Lipinski definition) is 0. The summed E-state index contributed by atoms with van der Waals surface area (Å²) >= 11 is 0. The first-order valence-corrected chi connectivity index (χ1v) is 9.01. The van der Waals surface area contributed by atoms with Crippen molar-refractivity contribution in [3.8, 4) is 0 Å². The van der Waals surface area contributed by atoms with Crippen molar-refractivity contribution in [3.05, 3.63) is 0 Å². The monoisotopic (exact) mass is 346 g/mol. The van der Waals surface area contributed by atoms with Crippen LogP contribution in [0.25, 0.3) is 0 Å². The fourth-order valence-corrected chi connectivity index (χ4v) is 2.11. The van der Waals surface area contributed by atoms with E-state index in [1.807, 2.05) is 27.7 Å². The number of esters is 2. The maximum Gasteiger partial charge on any atom is 0.308 e. The molecular weight excluding hydrogens is 312 g/mol. The van der Waals surface area contributed by atoms with Crippen LogP contribution >= 0.6 is 0 Å². The van der Waals surface area contributed by atoms with Crippen molar-refractivity contribution in [2.45, 2.75) is 53.4 Å². The zero-order valence-corrected chi connectivity index (χ0v) is 15.7. The van der Waals surface area contributed by atoms with Crippen LogP contribution in [-0.2, 0) is 28.5 Å². The third-order valence-corrected chi connectivity index (χ3v) is 3.56. The van der Waals surface area contributed by atoms with Gasteiger partial charge in [0.25, 0.3) is 0 Å². The van der Waals surface area contributed by atoms with E-state index in [-0.39, 0.29) is 37.0 Å². The number of carbonyl (C=O) groups excluding carboxylic acids is 2. The van der Waals surface area contributed by atoms with Gasteiger partial charge in [0.1, 0.15) is 13.2 Å². The molecule has 0 rings (SSSR count). The SMILES string of the molecule is CCCC(C)C(=O)OCCOCCOCCOC(=O)C(C)CCC. The van der Waals surface area contributed by atoms with Crippen LogP contribution in [0.1, 0.15) is 53.4 Å².